The molecule has 1 N–H and O–H groups in total. The van der Waals surface area contributed by atoms with Gasteiger partial charge in [-0.25, -0.2) is 9.78 Å². The van der Waals surface area contributed by atoms with E-state index in [9.17, 15) is 4.79 Å². The second-order valence-electron chi connectivity index (χ2n) is 5.74. The second-order valence-corrected chi connectivity index (χ2v) is 5.74. The van der Waals surface area contributed by atoms with E-state index in [0.29, 0.717) is 6.04 Å². The average molecular weight is 275 g/mol. The fourth-order valence-electron chi connectivity index (χ4n) is 3.28. The first-order valence-corrected chi connectivity index (χ1v) is 7.38. The Bertz CT molecular complexity index is 486. The molecular weight excluding hydrogens is 254 g/mol. The summed E-state index contributed by atoms with van der Waals surface area (Å²) in [7, 11) is 0. The molecule has 5 nitrogen and oxygen atoms in total. The molecule has 3 rings (SSSR count). The van der Waals surface area contributed by atoms with Gasteiger partial charge < -0.3 is 5.11 Å². The van der Waals surface area contributed by atoms with Gasteiger partial charge in [0.25, 0.3) is 0 Å². The fraction of sp³-hybridized carbons (Fsp3) is 0.600. The Kier molecular flexibility index (Phi) is 3.98. The first kappa shape index (κ1) is 13.5. The molecule has 5 heteroatoms. The molecule has 0 aromatic carbocycles. The zero-order valence-corrected chi connectivity index (χ0v) is 11.7. The number of hydrogen-bond acceptors (Lipinski definition) is 4. The summed E-state index contributed by atoms with van der Waals surface area (Å²) >= 11 is 0. The van der Waals surface area contributed by atoms with Crippen LogP contribution < -0.4 is 0 Å². The molecule has 1 atom stereocenters. The highest BCUT2D eigenvalue weighted by Gasteiger charge is 2.29. The molecule has 3 heterocycles. The maximum atomic E-state index is 10.9. The van der Waals surface area contributed by atoms with E-state index in [2.05, 4.69) is 14.8 Å². The highest BCUT2D eigenvalue weighted by atomic mass is 16.4. The third-order valence-corrected chi connectivity index (χ3v) is 4.32. The summed E-state index contributed by atoms with van der Waals surface area (Å²) in [4.78, 5) is 20.1. The predicted molar refractivity (Wildman–Crippen MR) is 75.7 cm³/mol. The number of carboxylic acids is 1. The highest BCUT2D eigenvalue weighted by molar-refractivity contribution is 5.85. The van der Waals surface area contributed by atoms with Crippen LogP contribution in [0.15, 0.2) is 18.2 Å². The summed E-state index contributed by atoms with van der Waals surface area (Å²) in [6, 6.07) is 5.92. The van der Waals surface area contributed by atoms with E-state index in [1.54, 1.807) is 12.1 Å². The van der Waals surface area contributed by atoms with Gasteiger partial charge in [-0.05, 0) is 44.5 Å². The minimum Gasteiger partial charge on any atom is -0.477 e. The van der Waals surface area contributed by atoms with Crippen LogP contribution in [0.3, 0.4) is 0 Å². The maximum Gasteiger partial charge on any atom is 0.354 e. The lowest BCUT2D eigenvalue weighted by molar-refractivity contribution is 0.0690. The predicted octanol–water partition coefficient (Wildman–Crippen LogP) is 1.45. The molecule has 2 saturated heterocycles. The molecule has 0 spiro atoms. The summed E-state index contributed by atoms with van der Waals surface area (Å²) in [6.45, 7) is 5.40. The van der Waals surface area contributed by atoms with Gasteiger partial charge in [0.05, 0.1) is 5.69 Å². The Morgan fingerprint density at radius 1 is 1.30 bits per heavy atom. The van der Waals surface area contributed by atoms with E-state index in [-0.39, 0.29) is 5.69 Å². The topological polar surface area (TPSA) is 56.7 Å². The van der Waals surface area contributed by atoms with Crippen molar-refractivity contribution in [2.75, 3.05) is 26.2 Å². The number of rotatable bonds is 4. The number of carbonyl (C=O) groups is 1. The van der Waals surface area contributed by atoms with Crippen LogP contribution in [0, 0.1) is 0 Å². The Morgan fingerprint density at radius 3 is 2.85 bits per heavy atom. The summed E-state index contributed by atoms with van der Waals surface area (Å²) in [5.41, 5.74) is 0.991. The van der Waals surface area contributed by atoms with Crippen molar-refractivity contribution in [3.63, 3.8) is 0 Å². The normalized spacial score (nSPS) is 24.3. The quantitative estimate of drug-likeness (QED) is 0.901. The number of likely N-dealkylation sites (tertiary alicyclic amines) is 2. The first-order valence-electron chi connectivity index (χ1n) is 7.38. The lowest BCUT2D eigenvalue weighted by Gasteiger charge is -2.23. The van der Waals surface area contributed by atoms with Crippen LogP contribution in [0.4, 0.5) is 0 Å². The Morgan fingerprint density at radius 2 is 2.10 bits per heavy atom. The van der Waals surface area contributed by atoms with Crippen LogP contribution in [0.25, 0.3) is 0 Å². The minimum absolute atomic E-state index is 0.137. The van der Waals surface area contributed by atoms with Crippen molar-refractivity contribution in [2.24, 2.45) is 0 Å². The van der Waals surface area contributed by atoms with Gasteiger partial charge >= 0.3 is 5.97 Å². The van der Waals surface area contributed by atoms with Gasteiger partial charge in [0.15, 0.2) is 0 Å². The lowest BCUT2D eigenvalue weighted by atomic mass is 10.2. The lowest BCUT2D eigenvalue weighted by Crippen LogP contribution is -2.35. The van der Waals surface area contributed by atoms with Crippen LogP contribution in [0.1, 0.15) is 35.4 Å². The first-order chi connectivity index (χ1) is 9.72. The molecule has 0 saturated carbocycles. The number of aromatic nitrogens is 1. The van der Waals surface area contributed by atoms with Crippen molar-refractivity contribution >= 4 is 5.97 Å². The van der Waals surface area contributed by atoms with E-state index in [4.69, 9.17) is 5.11 Å². The molecular formula is C15H21N3O2. The van der Waals surface area contributed by atoms with Gasteiger partial charge in [-0.1, -0.05) is 6.07 Å². The van der Waals surface area contributed by atoms with Gasteiger partial charge in [0.2, 0.25) is 0 Å². The largest absolute Gasteiger partial charge is 0.477 e. The van der Waals surface area contributed by atoms with Crippen molar-refractivity contribution in [3.05, 3.63) is 29.6 Å². The molecule has 0 radical (unpaired) electrons. The van der Waals surface area contributed by atoms with Gasteiger partial charge in [-0.15, -0.1) is 0 Å². The van der Waals surface area contributed by atoms with Crippen LogP contribution in [0.2, 0.25) is 0 Å². The monoisotopic (exact) mass is 275 g/mol. The van der Waals surface area contributed by atoms with Crippen molar-refractivity contribution in [2.45, 2.75) is 31.8 Å². The number of aromatic carboxylic acids is 1. The number of pyridine rings is 1. The summed E-state index contributed by atoms with van der Waals surface area (Å²) in [5, 5.41) is 8.97. The van der Waals surface area contributed by atoms with Gasteiger partial charge in [-0.3, -0.25) is 9.80 Å². The number of nitrogens with zero attached hydrogens (tertiary/aromatic N) is 3. The smallest absolute Gasteiger partial charge is 0.354 e. The van der Waals surface area contributed by atoms with Crippen LogP contribution in [0.5, 0.6) is 0 Å². The summed E-state index contributed by atoms with van der Waals surface area (Å²) < 4.78 is 0. The van der Waals surface area contributed by atoms with Crippen LogP contribution in [-0.4, -0.2) is 58.1 Å². The fourth-order valence-corrected chi connectivity index (χ4v) is 3.28. The highest BCUT2D eigenvalue weighted by Crippen LogP contribution is 2.21. The Hall–Kier alpha value is -1.46. The zero-order valence-electron chi connectivity index (χ0n) is 11.7. The van der Waals surface area contributed by atoms with E-state index in [1.165, 1.54) is 32.4 Å². The Labute approximate surface area is 119 Å². The molecule has 1 aromatic heterocycles. The molecule has 2 aliphatic heterocycles. The van der Waals surface area contributed by atoms with Crippen molar-refractivity contribution in [3.8, 4) is 0 Å². The Balaban J connectivity index is 1.58. The van der Waals surface area contributed by atoms with Crippen molar-refractivity contribution in [1.82, 2.24) is 14.8 Å². The van der Waals surface area contributed by atoms with Crippen molar-refractivity contribution < 1.29 is 9.90 Å². The molecule has 108 valence electrons. The number of hydrogen-bond donors (Lipinski definition) is 1. The molecule has 20 heavy (non-hydrogen) atoms. The SMILES string of the molecule is O=C(O)c1cccc(CN2CCC(N3CCCC3)C2)n1. The zero-order chi connectivity index (χ0) is 13.9. The second kappa shape index (κ2) is 5.89. The van der Waals surface area contributed by atoms with Crippen molar-refractivity contribution in [1.29, 1.82) is 0 Å². The van der Waals surface area contributed by atoms with E-state index >= 15 is 0 Å². The van der Waals surface area contributed by atoms with Crippen LogP contribution >= 0.6 is 0 Å². The molecule has 0 bridgehead atoms. The molecule has 1 unspecified atom stereocenters. The molecule has 2 fully saturated rings. The van der Waals surface area contributed by atoms with Gasteiger partial charge in [-0.2, -0.15) is 0 Å². The minimum atomic E-state index is -0.955. The molecule has 1 aromatic rings. The summed E-state index contributed by atoms with van der Waals surface area (Å²) in [6.07, 6.45) is 3.88. The average Bonchev–Trinajstić information content (AvgIpc) is 3.09. The molecule has 0 aliphatic carbocycles. The van der Waals surface area contributed by atoms with E-state index < -0.39 is 5.97 Å². The third-order valence-electron chi connectivity index (χ3n) is 4.32. The van der Waals surface area contributed by atoms with Crippen LogP contribution in [-0.2, 0) is 6.54 Å². The molecule has 0 amide bonds. The molecule has 2 aliphatic rings. The summed E-state index contributed by atoms with van der Waals surface area (Å²) in [5.74, 6) is -0.955. The van der Waals surface area contributed by atoms with E-state index in [1.807, 2.05) is 6.07 Å². The van der Waals surface area contributed by atoms with Gasteiger partial charge in [0.1, 0.15) is 5.69 Å². The number of carboxylic acid groups (broad SMARTS) is 1. The van der Waals surface area contributed by atoms with Gasteiger partial charge in [0, 0.05) is 25.7 Å². The standard InChI is InChI=1S/C15H21N3O2/c19-15(20)14-5-3-4-12(16-14)10-17-9-6-13(11-17)18-7-1-2-8-18/h3-5,13H,1-2,6-11H2,(H,19,20). The van der Waals surface area contributed by atoms with E-state index in [0.717, 1.165) is 25.3 Å². The third kappa shape index (κ3) is 2.99. The maximum absolute atomic E-state index is 10.9.